The number of nitrogens with zero attached hydrogens (tertiary/aromatic N) is 4. The maximum absolute atomic E-state index is 9.95. The van der Waals surface area contributed by atoms with Gasteiger partial charge in [0, 0.05) is 28.0 Å². The molecule has 2 aromatic heterocycles. The maximum Gasteiger partial charge on any atom is 0.194 e. The van der Waals surface area contributed by atoms with Crippen LogP contribution in [0.2, 0.25) is 5.15 Å². The van der Waals surface area contributed by atoms with Gasteiger partial charge in [-0.15, -0.1) is 0 Å². The van der Waals surface area contributed by atoms with Gasteiger partial charge in [0.25, 0.3) is 0 Å². The van der Waals surface area contributed by atoms with E-state index in [2.05, 4.69) is 15.0 Å². The first-order valence-corrected chi connectivity index (χ1v) is 9.22. The van der Waals surface area contributed by atoms with Gasteiger partial charge in [-0.3, -0.25) is 0 Å². The number of hydrogen-bond donors (Lipinski definition) is 1. The van der Waals surface area contributed by atoms with Crippen LogP contribution in [0.4, 0.5) is 0 Å². The zero-order valence-electron chi connectivity index (χ0n) is 13.5. The molecule has 0 bridgehead atoms. The summed E-state index contributed by atoms with van der Waals surface area (Å²) in [4.78, 5) is 13.0. The second-order valence-electron chi connectivity index (χ2n) is 7.21. The zero-order valence-corrected chi connectivity index (χ0v) is 16.4. The molecule has 0 aromatic carbocycles. The third-order valence-corrected chi connectivity index (χ3v) is 5.69. The fraction of sp³-hybridized carbons (Fsp3) is 0.667. The first-order chi connectivity index (χ1) is 11.2. The average Bonchev–Trinajstić information content (AvgIpc) is 3.11. The molecule has 3 heterocycles. The fourth-order valence-electron chi connectivity index (χ4n) is 3.83. The van der Waals surface area contributed by atoms with Gasteiger partial charge in [0.05, 0.1) is 25.1 Å². The summed E-state index contributed by atoms with van der Waals surface area (Å²) in [6.07, 6.45) is 2.07. The van der Waals surface area contributed by atoms with Crippen LogP contribution in [-0.4, -0.2) is 49.2 Å². The molecular formula is C15H18ClIN4O3. The van der Waals surface area contributed by atoms with Gasteiger partial charge in [0.2, 0.25) is 0 Å². The Hall–Kier alpha value is -0.550. The molecule has 1 saturated carbocycles. The van der Waals surface area contributed by atoms with Gasteiger partial charge in [0.15, 0.2) is 20.4 Å². The number of halogens is 2. The Labute approximate surface area is 157 Å². The van der Waals surface area contributed by atoms with Crippen molar-refractivity contribution in [3.63, 3.8) is 0 Å². The number of ether oxygens (including phenoxy) is 2. The van der Waals surface area contributed by atoms with Gasteiger partial charge in [-0.1, -0.05) is 18.5 Å². The van der Waals surface area contributed by atoms with Crippen LogP contribution >= 0.6 is 34.2 Å². The summed E-state index contributed by atoms with van der Waals surface area (Å²) in [5.41, 5.74) is 0.868. The van der Waals surface area contributed by atoms with E-state index in [1.165, 1.54) is 0 Å². The van der Waals surface area contributed by atoms with Gasteiger partial charge < -0.3 is 19.1 Å². The Morgan fingerprint density at radius 1 is 1.38 bits per heavy atom. The lowest BCUT2D eigenvalue weighted by atomic mass is 9.87. The molecule has 7 nitrogen and oxygen atoms in total. The SMILES string of the molecule is CC1(C)O[C@H]2[C@H](n3cnc4c(Cl)nc(I)nc43)C[C@](C)(CO)[C@H]2O1. The largest absolute Gasteiger partial charge is 0.396 e. The zero-order chi connectivity index (χ0) is 17.3. The summed E-state index contributed by atoms with van der Waals surface area (Å²) < 4.78 is 14.8. The van der Waals surface area contributed by atoms with E-state index in [-0.39, 0.29) is 30.3 Å². The van der Waals surface area contributed by atoms with Crippen molar-refractivity contribution in [2.75, 3.05) is 6.61 Å². The van der Waals surface area contributed by atoms with Crippen LogP contribution in [0.5, 0.6) is 0 Å². The summed E-state index contributed by atoms with van der Waals surface area (Å²) in [6.45, 7) is 5.85. The lowest BCUT2D eigenvalue weighted by Gasteiger charge is -2.29. The second-order valence-corrected chi connectivity index (χ2v) is 8.53. The van der Waals surface area contributed by atoms with Crippen LogP contribution in [0.3, 0.4) is 0 Å². The number of fused-ring (bicyclic) bond motifs is 2. The summed E-state index contributed by atoms with van der Waals surface area (Å²) in [6, 6.07) is -0.0410. The van der Waals surface area contributed by atoms with Crippen LogP contribution < -0.4 is 0 Å². The van der Waals surface area contributed by atoms with Crippen molar-refractivity contribution in [3.05, 3.63) is 15.3 Å². The Kier molecular flexibility index (Phi) is 3.85. The smallest absolute Gasteiger partial charge is 0.194 e. The number of aromatic nitrogens is 4. The minimum absolute atomic E-state index is 0.0318. The third kappa shape index (κ3) is 2.45. The van der Waals surface area contributed by atoms with E-state index >= 15 is 0 Å². The van der Waals surface area contributed by atoms with Gasteiger partial charge in [-0.2, -0.15) is 0 Å². The van der Waals surface area contributed by atoms with E-state index < -0.39 is 5.79 Å². The number of rotatable bonds is 2. The topological polar surface area (TPSA) is 82.3 Å². The van der Waals surface area contributed by atoms with Crippen molar-refractivity contribution in [3.8, 4) is 0 Å². The lowest BCUT2D eigenvalue weighted by Crippen LogP contribution is -2.36. The summed E-state index contributed by atoms with van der Waals surface area (Å²) in [5, 5.41) is 10.3. The van der Waals surface area contributed by atoms with Crippen LogP contribution in [0.25, 0.3) is 11.2 Å². The van der Waals surface area contributed by atoms with E-state index in [0.29, 0.717) is 26.6 Å². The molecule has 130 valence electrons. The van der Waals surface area contributed by atoms with E-state index in [9.17, 15) is 5.11 Å². The van der Waals surface area contributed by atoms with Gasteiger partial charge >= 0.3 is 0 Å². The lowest BCUT2D eigenvalue weighted by molar-refractivity contribution is -0.170. The molecule has 0 radical (unpaired) electrons. The molecule has 0 amide bonds. The number of hydrogen-bond acceptors (Lipinski definition) is 6. The molecule has 0 spiro atoms. The third-order valence-electron chi connectivity index (χ3n) is 4.94. The van der Waals surface area contributed by atoms with E-state index in [0.717, 1.165) is 0 Å². The molecule has 2 fully saturated rings. The Balaban J connectivity index is 1.82. The minimum Gasteiger partial charge on any atom is -0.396 e. The first-order valence-electron chi connectivity index (χ1n) is 7.76. The summed E-state index contributed by atoms with van der Waals surface area (Å²) in [5.74, 6) is -0.679. The van der Waals surface area contributed by atoms with Crippen LogP contribution in [-0.2, 0) is 9.47 Å². The molecule has 1 N–H and O–H groups in total. The highest BCUT2D eigenvalue weighted by atomic mass is 127. The molecule has 2 aliphatic rings. The predicted octanol–water partition coefficient (Wildman–Crippen LogP) is 2.55. The van der Waals surface area contributed by atoms with Crippen molar-refractivity contribution < 1.29 is 14.6 Å². The second kappa shape index (κ2) is 5.47. The van der Waals surface area contributed by atoms with Crippen molar-refractivity contribution in [1.29, 1.82) is 0 Å². The van der Waals surface area contributed by atoms with Crippen molar-refractivity contribution in [1.82, 2.24) is 19.5 Å². The summed E-state index contributed by atoms with van der Waals surface area (Å²) >= 11 is 8.23. The number of aliphatic hydroxyl groups excluding tert-OH is 1. The summed E-state index contributed by atoms with van der Waals surface area (Å²) in [7, 11) is 0. The molecule has 2 aromatic rings. The molecule has 1 aliphatic carbocycles. The molecule has 4 atom stereocenters. The standard InChI is InChI=1S/C15H18ClIN4O3/c1-14(2)23-9-7(4-15(3,5-22)10(9)24-14)21-6-18-8-11(16)19-13(17)20-12(8)21/h6-7,9-10,22H,4-5H2,1-3H3/t7-,9+,10+,15-/m1/s1. The van der Waals surface area contributed by atoms with Gasteiger partial charge in [-0.05, 0) is 20.3 Å². The highest BCUT2D eigenvalue weighted by Gasteiger charge is 2.60. The highest BCUT2D eigenvalue weighted by molar-refractivity contribution is 14.1. The fourth-order valence-corrected chi connectivity index (χ4v) is 4.66. The molecule has 24 heavy (non-hydrogen) atoms. The van der Waals surface area contributed by atoms with Crippen LogP contribution in [0.15, 0.2) is 6.33 Å². The maximum atomic E-state index is 9.95. The van der Waals surface area contributed by atoms with Gasteiger partial charge in [-0.25, -0.2) is 15.0 Å². The number of aliphatic hydroxyl groups is 1. The normalized spacial score (nSPS) is 34.8. The molecule has 1 saturated heterocycles. The molecule has 1 aliphatic heterocycles. The van der Waals surface area contributed by atoms with E-state index in [4.69, 9.17) is 21.1 Å². The highest BCUT2D eigenvalue weighted by Crippen LogP contribution is 2.53. The molecular weight excluding hydrogens is 447 g/mol. The van der Waals surface area contributed by atoms with Crippen molar-refractivity contribution in [2.45, 2.75) is 51.2 Å². The molecule has 9 heteroatoms. The quantitative estimate of drug-likeness (QED) is 0.418. The average molecular weight is 465 g/mol. The Bertz CT molecular complexity index is 813. The van der Waals surface area contributed by atoms with E-state index in [1.807, 2.05) is 47.9 Å². The molecule has 4 rings (SSSR count). The monoisotopic (exact) mass is 464 g/mol. The number of imidazole rings is 1. The minimum atomic E-state index is -0.679. The van der Waals surface area contributed by atoms with Crippen molar-refractivity contribution >= 4 is 45.4 Å². The first kappa shape index (κ1) is 16.9. The van der Waals surface area contributed by atoms with Crippen LogP contribution in [0, 0.1) is 9.25 Å². The van der Waals surface area contributed by atoms with Gasteiger partial charge in [0.1, 0.15) is 11.6 Å². The van der Waals surface area contributed by atoms with E-state index in [1.54, 1.807) is 6.33 Å². The van der Waals surface area contributed by atoms with Crippen molar-refractivity contribution in [2.24, 2.45) is 5.41 Å². The molecule has 0 unspecified atom stereocenters. The Morgan fingerprint density at radius 3 is 2.83 bits per heavy atom. The van der Waals surface area contributed by atoms with Crippen LogP contribution in [0.1, 0.15) is 33.2 Å². The predicted molar refractivity (Wildman–Crippen MR) is 95.7 cm³/mol. The Morgan fingerprint density at radius 2 is 2.12 bits per heavy atom.